The lowest BCUT2D eigenvalue weighted by Gasteiger charge is -2.28. The molecule has 0 unspecified atom stereocenters. The zero-order chi connectivity index (χ0) is 18.8. The standard InChI is InChI=1S/C20H24N4O3/c1-13(17-10-14-3-4-15(17)9-14)23-19(25)12-27-20(26)16-5-6-18(21-11-16)24-8-2-7-22-24/h2,5-8,11,13-15,17H,3-4,9-10,12H2,1H3,(H,23,25)/t13-,14-,15-,17-/m0/s1. The van der Waals surface area contributed by atoms with Gasteiger partial charge < -0.3 is 10.1 Å². The highest BCUT2D eigenvalue weighted by Gasteiger charge is 2.42. The van der Waals surface area contributed by atoms with Crippen LogP contribution in [0.1, 0.15) is 43.0 Å². The molecule has 2 aromatic rings. The number of rotatable bonds is 6. The van der Waals surface area contributed by atoms with E-state index in [0.717, 1.165) is 11.8 Å². The molecule has 4 rings (SSSR count). The van der Waals surface area contributed by atoms with Gasteiger partial charge in [-0.25, -0.2) is 14.5 Å². The Kier molecular flexibility index (Phi) is 4.92. The van der Waals surface area contributed by atoms with Gasteiger partial charge in [0.05, 0.1) is 5.56 Å². The van der Waals surface area contributed by atoms with Crippen molar-refractivity contribution >= 4 is 11.9 Å². The van der Waals surface area contributed by atoms with Gasteiger partial charge in [-0.3, -0.25) is 4.79 Å². The number of pyridine rings is 1. The molecule has 4 atom stereocenters. The zero-order valence-corrected chi connectivity index (χ0v) is 15.4. The lowest BCUT2D eigenvalue weighted by Crippen LogP contribution is -2.42. The van der Waals surface area contributed by atoms with E-state index in [2.05, 4.69) is 22.3 Å². The van der Waals surface area contributed by atoms with E-state index in [0.29, 0.717) is 17.3 Å². The predicted molar refractivity (Wildman–Crippen MR) is 98.2 cm³/mol. The number of esters is 1. The molecule has 27 heavy (non-hydrogen) atoms. The minimum absolute atomic E-state index is 0.126. The number of hydrogen-bond acceptors (Lipinski definition) is 5. The summed E-state index contributed by atoms with van der Waals surface area (Å²) in [5.41, 5.74) is 0.305. The van der Waals surface area contributed by atoms with Crippen LogP contribution in [0.5, 0.6) is 0 Å². The number of nitrogens with one attached hydrogen (secondary N) is 1. The van der Waals surface area contributed by atoms with Crippen molar-refractivity contribution in [2.75, 3.05) is 6.61 Å². The highest BCUT2D eigenvalue weighted by atomic mass is 16.5. The smallest absolute Gasteiger partial charge is 0.340 e. The summed E-state index contributed by atoms with van der Waals surface area (Å²) in [5, 5.41) is 7.08. The summed E-state index contributed by atoms with van der Waals surface area (Å²) in [6, 6.07) is 5.21. The third-order valence-corrected chi connectivity index (χ3v) is 5.88. The Balaban J connectivity index is 1.25. The fourth-order valence-corrected chi connectivity index (χ4v) is 4.57. The minimum atomic E-state index is -0.558. The maximum absolute atomic E-state index is 12.1. The Hall–Kier alpha value is -2.70. The summed E-state index contributed by atoms with van der Waals surface area (Å²) in [6.45, 7) is 1.79. The first-order chi connectivity index (χ1) is 13.1. The van der Waals surface area contributed by atoms with Gasteiger partial charge in [0.1, 0.15) is 0 Å². The van der Waals surface area contributed by atoms with Gasteiger partial charge in [0.25, 0.3) is 5.91 Å². The summed E-state index contributed by atoms with van der Waals surface area (Å²) in [7, 11) is 0. The average molecular weight is 368 g/mol. The SMILES string of the molecule is C[C@H](NC(=O)COC(=O)c1ccc(-n2cccn2)nc1)[C@@H]1C[C@H]2CC[C@H]1C2. The largest absolute Gasteiger partial charge is 0.452 e. The number of carbonyl (C=O) groups is 2. The number of aromatic nitrogens is 3. The van der Waals surface area contributed by atoms with Crippen molar-refractivity contribution in [3.05, 3.63) is 42.4 Å². The molecule has 1 N–H and O–H groups in total. The van der Waals surface area contributed by atoms with Crippen molar-refractivity contribution in [1.82, 2.24) is 20.1 Å². The number of ether oxygens (including phenoxy) is 1. The molecule has 142 valence electrons. The van der Waals surface area contributed by atoms with Crippen molar-refractivity contribution in [3.63, 3.8) is 0 Å². The average Bonchev–Trinajstić information content (AvgIpc) is 3.44. The van der Waals surface area contributed by atoms with Crippen LogP contribution >= 0.6 is 0 Å². The van der Waals surface area contributed by atoms with E-state index in [4.69, 9.17) is 4.74 Å². The first kappa shape index (κ1) is 17.7. The molecule has 2 bridgehead atoms. The number of carbonyl (C=O) groups excluding carboxylic acids is 2. The highest BCUT2D eigenvalue weighted by molar-refractivity contribution is 5.91. The highest BCUT2D eigenvalue weighted by Crippen LogP contribution is 2.49. The van der Waals surface area contributed by atoms with E-state index in [1.54, 1.807) is 35.3 Å². The quantitative estimate of drug-likeness (QED) is 0.791. The van der Waals surface area contributed by atoms with Gasteiger partial charge in [-0.1, -0.05) is 6.42 Å². The van der Waals surface area contributed by atoms with E-state index in [1.165, 1.54) is 31.9 Å². The second-order valence-corrected chi connectivity index (χ2v) is 7.63. The van der Waals surface area contributed by atoms with Gasteiger partial charge in [-0.2, -0.15) is 5.10 Å². The number of fused-ring (bicyclic) bond motifs is 2. The van der Waals surface area contributed by atoms with Crippen LogP contribution in [0.3, 0.4) is 0 Å². The number of amides is 1. The predicted octanol–water partition coefficient (Wildman–Crippen LogP) is 2.37. The van der Waals surface area contributed by atoms with E-state index in [9.17, 15) is 9.59 Å². The topological polar surface area (TPSA) is 86.1 Å². The van der Waals surface area contributed by atoms with Crippen LogP contribution in [-0.4, -0.2) is 39.3 Å². The van der Waals surface area contributed by atoms with Crippen molar-refractivity contribution in [2.24, 2.45) is 17.8 Å². The van der Waals surface area contributed by atoms with Crippen molar-refractivity contribution in [1.29, 1.82) is 0 Å². The molecular formula is C20H24N4O3. The van der Waals surface area contributed by atoms with Crippen LogP contribution in [0.4, 0.5) is 0 Å². The van der Waals surface area contributed by atoms with Crippen molar-refractivity contribution < 1.29 is 14.3 Å². The van der Waals surface area contributed by atoms with Gasteiger partial charge in [-0.15, -0.1) is 0 Å². The molecule has 0 aromatic carbocycles. The molecule has 2 fully saturated rings. The summed E-state index contributed by atoms with van der Waals surface area (Å²) in [4.78, 5) is 28.5. The van der Waals surface area contributed by atoms with E-state index >= 15 is 0 Å². The van der Waals surface area contributed by atoms with Crippen LogP contribution in [0.25, 0.3) is 5.82 Å². The van der Waals surface area contributed by atoms with Crippen LogP contribution < -0.4 is 5.32 Å². The lowest BCUT2D eigenvalue weighted by molar-refractivity contribution is -0.125. The normalized spacial score (nSPS) is 24.6. The molecule has 7 heteroatoms. The summed E-state index contributed by atoms with van der Waals surface area (Å²) in [5.74, 6) is 1.94. The van der Waals surface area contributed by atoms with Crippen molar-refractivity contribution in [3.8, 4) is 5.82 Å². The Labute approximate surface area is 158 Å². The molecule has 0 spiro atoms. The number of nitrogens with zero attached hydrogens (tertiary/aromatic N) is 3. The van der Waals surface area contributed by atoms with E-state index in [-0.39, 0.29) is 18.6 Å². The maximum atomic E-state index is 12.1. The fourth-order valence-electron chi connectivity index (χ4n) is 4.57. The van der Waals surface area contributed by atoms with Gasteiger partial charge in [0, 0.05) is 24.6 Å². The third kappa shape index (κ3) is 3.86. The van der Waals surface area contributed by atoms with Crippen LogP contribution in [0.2, 0.25) is 0 Å². The summed E-state index contributed by atoms with van der Waals surface area (Å²) >= 11 is 0. The molecule has 2 aromatic heterocycles. The van der Waals surface area contributed by atoms with Gasteiger partial charge in [0.2, 0.25) is 0 Å². The van der Waals surface area contributed by atoms with Crippen molar-refractivity contribution in [2.45, 2.75) is 38.6 Å². The first-order valence-electron chi connectivity index (χ1n) is 9.52. The molecule has 2 aliphatic carbocycles. The first-order valence-corrected chi connectivity index (χ1v) is 9.52. The summed E-state index contributed by atoms with van der Waals surface area (Å²) < 4.78 is 6.73. The minimum Gasteiger partial charge on any atom is -0.452 e. The monoisotopic (exact) mass is 368 g/mol. The second kappa shape index (κ2) is 7.50. The Bertz CT molecular complexity index is 803. The molecule has 0 saturated heterocycles. The molecule has 0 aliphatic heterocycles. The molecule has 2 saturated carbocycles. The zero-order valence-electron chi connectivity index (χ0n) is 15.4. The Morgan fingerprint density at radius 2 is 2.22 bits per heavy atom. The molecule has 7 nitrogen and oxygen atoms in total. The van der Waals surface area contributed by atoms with Crippen LogP contribution in [0.15, 0.2) is 36.8 Å². The van der Waals surface area contributed by atoms with E-state index in [1.807, 2.05) is 0 Å². The maximum Gasteiger partial charge on any atom is 0.340 e. The Morgan fingerprint density at radius 1 is 1.33 bits per heavy atom. The van der Waals surface area contributed by atoms with Crippen LogP contribution in [0, 0.1) is 17.8 Å². The third-order valence-electron chi connectivity index (χ3n) is 5.88. The molecule has 2 aliphatic rings. The van der Waals surface area contributed by atoms with Gasteiger partial charge in [-0.05, 0) is 62.1 Å². The van der Waals surface area contributed by atoms with E-state index < -0.39 is 5.97 Å². The lowest BCUT2D eigenvalue weighted by atomic mass is 9.84. The summed E-state index contributed by atoms with van der Waals surface area (Å²) in [6.07, 6.45) is 9.98. The second-order valence-electron chi connectivity index (χ2n) is 7.63. The van der Waals surface area contributed by atoms with Gasteiger partial charge >= 0.3 is 5.97 Å². The number of hydrogen-bond donors (Lipinski definition) is 1. The molecule has 1 amide bonds. The fraction of sp³-hybridized carbons (Fsp3) is 0.500. The molecule has 2 heterocycles. The van der Waals surface area contributed by atoms with Crippen LogP contribution in [-0.2, 0) is 9.53 Å². The Morgan fingerprint density at radius 3 is 2.85 bits per heavy atom. The van der Waals surface area contributed by atoms with Gasteiger partial charge in [0.15, 0.2) is 12.4 Å². The molecule has 0 radical (unpaired) electrons. The molecular weight excluding hydrogens is 344 g/mol.